The van der Waals surface area contributed by atoms with Gasteiger partial charge in [0.25, 0.3) is 0 Å². The van der Waals surface area contributed by atoms with E-state index in [-0.39, 0.29) is 30.3 Å². The molecule has 0 radical (unpaired) electrons. The summed E-state index contributed by atoms with van der Waals surface area (Å²) in [6.07, 6.45) is -4.38. The molecule has 9 heteroatoms. The average Bonchev–Trinajstić information content (AvgIpc) is 3.10. The van der Waals surface area contributed by atoms with Crippen molar-refractivity contribution in [3.05, 3.63) is 65.2 Å². The van der Waals surface area contributed by atoms with Crippen molar-refractivity contribution in [3.8, 4) is 5.75 Å². The van der Waals surface area contributed by atoms with E-state index in [1.54, 1.807) is 29.2 Å². The molecule has 0 spiro atoms. The minimum atomic E-state index is -4.48. The minimum Gasteiger partial charge on any atom is -0.508 e. The number of hydrogen-bond donors (Lipinski definition) is 2. The topological polar surface area (TPSA) is 78.9 Å². The molecule has 0 bridgehead atoms. The van der Waals surface area contributed by atoms with Gasteiger partial charge in [-0.15, -0.1) is 0 Å². The number of benzene rings is 2. The maximum atomic E-state index is 12.9. The summed E-state index contributed by atoms with van der Waals surface area (Å²) in [7, 11) is 1.28. The van der Waals surface area contributed by atoms with E-state index in [2.05, 4.69) is 5.32 Å². The molecular formula is C22H23F3N2O4. The van der Waals surface area contributed by atoms with Crippen molar-refractivity contribution in [2.45, 2.75) is 37.6 Å². The molecule has 166 valence electrons. The minimum absolute atomic E-state index is 0.100. The number of hydrogen-bond acceptors (Lipinski definition) is 5. The Morgan fingerprint density at radius 1 is 1.19 bits per heavy atom. The number of methoxy groups -OCH3 is 1. The normalized spacial score (nSPS) is 19.2. The standard InChI is InChI=1S/C22H23F3N2O4/c1-31-21(30)18-11-17(13-27(18)12-15-6-2-3-8-19(15)28)26-20(29)10-14-5-4-7-16(9-14)22(23,24)25/h2-9,17-18,28H,10-13H2,1H3,(H,26,29)/t17-,18-/m0/s1. The van der Waals surface area contributed by atoms with Gasteiger partial charge in [0.1, 0.15) is 11.8 Å². The van der Waals surface area contributed by atoms with Crippen LogP contribution in [0.25, 0.3) is 0 Å². The monoisotopic (exact) mass is 436 g/mol. The van der Waals surface area contributed by atoms with Crippen LogP contribution < -0.4 is 5.32 Å². The number of para-hydroxylation sites is 1. The molecular weight excluding hydrogens is 413 g/mol. The van der Waals surface area contributed by atoms with Crippen molar-refractivity contribution < 1.29 is 32.6 Å². The molecule has 1 heterocycles. The number of amides is 1. The lowest BCUT2D eigenvalue weighted by atomic mass is 10.1. The van der Waals surface area contributed by atoms with Crippen LogP contribution in [0.15, 0.2) is 48.5 Å². The zero-order valence-corrected chi connectivity index (χ0v) is 16.9. The molecule has 1 fully saturated rings. The van der Waals surface area contributed by atoms with E-state index in [4.69, 9.17) is 4.74 Å². The van der Waals surface area contributed by atoms with Gasteiger partial charge < -0.3 is 15.2 Å². The molecule has 0 saturated carbocycles. The number of likely N-dealkylation sites (tertiary alicyclic amines) is 1. The van der Waals surface area contributed by atoms with Gasteiger partial charge in [-0.05, 0) is 24.1 Å². The first kappa shape index (κ1) is 22.6. The van der Waals surface area contributed by atoms with Crippen LogP contribution in [-0.4, -0.2) is 47.6 Å². The van der Waals surface area contributed by atoms with E-state index < -0.39 is 29.7 Å². The number of ether oxygens (including phenoxy) is 1. The molecule has 31 heavy (non-hydrogen) atoms. The molecule has 0 aliphatic carbocycles. The number of nitrogens with one attached hydrogen (secondary N) is 1. The lowest BCUT2D eigenvalue weighted by Gasteiger charge is -2.22. The smallest absolute Gasteiger partial charge is 0.416 e. The fourth-order valence-corrected chi connectivity index (χ4v) is 3.75. The van der Waals surface area contributed by atoms with E-state index in [9.17, 15) is 27.9 Å². The fraction of sp³-hybridized carbons (Fsp3) is 0.364. The zero-order valence-electron chi connectivity index (χ0n) is 16.9. The van der Waals surface area contributed by atoms with Crippen molar-refractivity contribution in [1.82, 2.24) is 10.2 Å². The molecule has 0 unspecified atom stereocenters. The van der Waals surface area contributed by atoms with E-state index >= 15 is 0 Å². The summed E-state index contributed by atoms with van der Waals surface area (Å²) in [6.45, 7) is 0.620. The summed E-state index contributed by atoms with van der Waals surface area (Å²) >= 11 is 0. The molecule has 1 aliphatic rings. The third-order valence-corrected chi connectivity index (χ3v) is 5.23. The van der Waals surface area contributed by atoms with Gasteiger partial charge >= 0.3 is 12.1 Å². The lowest BCUT2D eigenvalue weighted by Crippen LogP contribution is -2.38. The Balaban J connectivity index is 1.65. The van der Waals surface area contributed by atoms with Gasteiger partial charge in [0.2, 0.25) is 5.91 Å². The molecule has 1 saturated heterocycles. The van der Waals surface area contributed by atoms with Crippen molar-refractivity contribution in [2.75, 3.05) is 13.7 Å². The van der Waals surface area contributed by atoms with Crippen LogP contribution in [0.5, 0.6) is 5.75 Å². The van der Waals surface area contributed by atoms with Crippen molar-refractivity contribution >= 4 is 11.9 Å². The Morgan fingerprint density at radius 3 is 2.61 bits per heavy atom. The zero-order chi connectivity index (χ0) is 22.6. The largest absolute Gasteiger partial charge is 0.508 e. The number of alkyl halides is 3. The van der Waals surface area contributed by atoms with Crippen LogP contribution >= 0.6 is 0 Å². The Labute approximate surface area is 177 Å². The Hall–Kier alpha value is -3.07. The quantitative estimate of drug-likeness (QED) is 0.681. The highest BCUT2D eigenvalue weighted by atomic mass is 19.4. The highest BCUT2D eigenvalue weighted by Crippen LogP contribution is 2.30. The molecule has 1 amide bonds. The van der Waals surface area contributed by atoms with Crippen LogP contribution in [0.3, 0.4) is 0 Å². The molecule has 6 nitrogen and oxygen atoms in total. The highest BCUT2D eigenvalue weighted by Gasteiger charge is 2.38. The summed E-state index contributed by atoms with van der Waals surface area (Å²) in [5, 5.41) is 12.8. The fourth-order valence-electron chi connectivity index (χ4n) is 3.75. The second kappa shape index (κ2) is 9.38. The molecule has 0 aromatic heterocycles. The van der Waals surface area contributed by atoms with Gasteiger partial charge in [-0.25, -0.2) is 0 Å². The maximum absolute atomic E-state index is 12.9. The van der Waals surface area contributed by atoms with Crippen LogP contribution in [0.1, 0.15) is 23.1 Å². The Kier molecular flexibility index (Phi) is 6.84. The number of rotatable bonds is 6. The van der Waals surface area contributed by atoms with E-state index in [0.29, 0.717) is 18.5 Å². The number of carbonyl (C=O) groups is 2. The summed E-state index contributed by atoms with van der Waals surface area (Å²) < 4.78 is 43.5. The SMILES string of the molecule is COC(=O)[C@@H]1C[C@H](NC(=O)Cc2cccc(C(F)(F)F)c2)CN1Cc1ccccc1O. The first-order valence-corrected chi connectivity index (χ1v) is 9.71. The third-order valence-electron chi connectivity index (χ3n) is 5.23. The predicted molar refractivity (Wildman–Crippen MR) is 106 cm³/mol. The van der Waals surface area contributed by atoms with Gasteiger partial charge in [-0.1, -0.05) is 36.4 Å². The van der Waals surface area contributed by atoms with Gasteiger partial charge in [-0.3, -0.25) is 14.5 Å². The molecule has 2 aromatic carbocycles. The van der Waals surface area contributed by atoms with Gasteiger partial charge in [0.15, 0.2) is 0 Å². The van der Waals surface area contributed by atoms with Gasteiger partial charge in [-0.2, -0.15) is 13.2 Å². The number of phenolic OH excluding ortho intramolecular Hbond substituents is 1. The van der Waals surface area contributed by atoms with Crippen molar-refractivity contribution in [2.24, 2.45) is 0 Å². The van der Waals surface area contributed by atoms with E-state index in [1.807, 2.05) is 0 Å². The number of carbonyl (C=O) groups excluding carboxylic acids is 2. The van der Waals surface area contributed by atoms with Gasteiger partial charge in [0, 0.05) is 24.7 Å². The number of aromatic hydroxyl groups is 1. The molecule has 2 atom stereocenters. The van der Waals surface area contributed by atoms with Crippen molar-refractivity contribution in [3.63, 3.8) is 0 Å². The molecule has 2 N–H and O–H groups in total. The second-order valence-electron chi connectivity index (χ2n) is 7.47. The predicted octanol–water partition coefficient (Wildman–Crippen LogP) is 2.89. The molecule has 2 aromatic rings. The second-order valence-corrected chi connectivity index (χ2v) is 7.47. The number of nitrogens with zero attached hydrogens (tertiary/aromatic N) is 1. The van der Waals surface area contributed by atoms with Crippen LogP contribution in [0.4, 0.5) is 13.2 Å². The molecule has 1 aliphatic heterocycles. The Bertz CT molecular complexity index is 948. The average molecular weight is 436 g/mol. The molecule has 3 rings (SSSR count). The van der Waals surface area contributed by atoms with Gasteiger partial charge in [0.05, 0.1) is 19.1 Å². The highest BCUT2D eigenvalue weighted by molar-refractivity contribution is 5.80. The van der Waals surface area contributed by atoms with Crippen LogP contribution in [0, 0.1) is 0 Å². The van der Waals surface area contributed by atoms with Crippen molar-refractivity contribution in [1.29, 1.82) is 0 Å². The van der Waals surface area contributed by atoms with E-state index in [1.165, 1.54) is 19.2 Å². The van der Waals surface area contributed by atoms with Crippen LogP contribution in [-0.2, 0) is 33.5 Å². The summed E-state index contributed by atoms with van der Waals surface area (Å²) in [5.74, 6) is -0.787. The summed E-state index contributed by atoms with van der Waals surface area (Å²) in [5.41, 5.74) is 0.0755. The van der Waals surface area contributed by atoms with E-state index in [0.717, 1.165) is 12.1 Å². The first-order chi connectivity index (χ1) is 14.7. The lowest BCUT2D eigenvalue weighted by molar-refractivity contribution is -0.146. The summed E-state index contributed by atoms with van der Waals surface area (Å²) in [6, 6.07) is 10.4. The first-order valence-electron chi connectivity index (χ1n) is 9.71. The maximum Gasteiger partial charge on any atom is 0.416 e. The Morgan fingerprint density at radius 2 is 1.94 bits per heavy atom. The van der Waals surface area contributed by atoms with Crippen LogP contribution in [0.2, 0.25) is 0 Å². The number of phenols is 1. The number of halogens is 3. The third kappa shape index (κ3) is 5.75. The number of esters is 1. The summed E-state index contributed by atoms with van der Waals surface area (Å²) in [4.78, 5) is 26.4.